The largest absolute Gasteiger partial charge is 0.481 e. The van der Waals surface area contributed by atoms with Crippen LogP contribution in [0.3, 0.4) is 0 Å². The van der Waals surface area contributed by atoms with E-state index in [0.29, 0.717) is 5.69 Å². The summed E-state index contributed by atoms with van der Waals surface area (Å²) in [5, 5.41) is 8.95. The van der Waals surface area contributed by atoms with Gasteiger partial charge in [-0.25, -0.2) is 4.98 Å². The highest BCUT2D eigenvalue weighted by Crippen LogP contribution is 2.21. The van der Waals surface area contributed by atoms with Crippen LogP contribution in [0.15, 0.2) is 6.20 Å². The lowest BCUT2D eigenvalue weighted by atomic mass is 9.90. The van der Waals surface area contributed by atoms with Crippen molar-refractivity contribution >= 4 is 5.97 Å². The van der Waals surface area contributed by atoms with Crippen LogP contribution in [-0.2, 0) is 17.3 Å². The van der Waals surface area contributed by atoms with Crippen LogP contribution in [-0.4, -0.2) is 20.6 Å². The second-order valence-corrected chi connectivity index (χ2v) is 3.71. The molecule has 0 radical (unpaired) electrons. The second-order valence-electron chi connectivity index (χ2n) is 3.71. The molecule has 0 unspecified atom stereocenters. The first-order valence-electron chi connectivity index (χ1n) is 4.09. The minimum atomic E-state index is -0.911. The summed E-state index contributed by atoms with van der Waals surface area (Å²) in [5.41, 5.74) is -0.313. The van der Waals surface area contributed by atoms with Crippen LogP contribution in [0.2, 0.25) is 0 Å². The Labute approximate surface area is 77.2 Å². The molecule has 0 spiro atoms. The molecule has 0 aliphatic rings. The Morgan fingerprint density at radius 1 is 1.62 bits per heavy atom. The molecule has 0 aliphatic carbocycles. The van der Waals surface area contributed by atoms with Gasteiger partial charge in [0.25, 0.3) is 0 Å². The predicted octanol–water partition coefficient (Wildman–Crippen LogP) is 1.09. The zero-order valence-corrected chi connectivity index (χ0v) is 8.33. The van der Waals surface area contributed by atoms with Crippen molar-refractivity contribution in [3.8, 4) is 0 Å². The molecule has 1 rings (SSSR count). The summed E-state index contributed by atoms with van der Waals surface area (Å²) in [6.07, 6.45) is 1.75. The third kappa shape index (κ3) is 1.56. The normalized spacial score (nSPS) is 11.7. The molecular weight excluding hydrogens is 168 g/mol. The van der Waals surface area contributed by atoms with Gasteiger partial charge in [-0.15, -0.1) is 0 Å². The standard InChI is InChI=1S/C9H14N2O2/c1-6-10-7(5-11(6)4)9(2,3)8(12)13/h5H,1-4H3,(H,12,13). The van der Waals surface area contributed by atoms with E-state index in [2.05, 4.69) is 4.98 Å². The monoisotopic (exact) mass is 182 g/mol. The Kier molecular flexibility index (Phi) is 2.15. The molecule has 0 aromatic carbocycles. The molecular formula is C9H14N2O2. The van der Waals surface area contributed by atoms with Crippen molar-refractivity contribution < 1.29 is 9.90 Å². The lowest BCUT2D eigenvalue weighted by Gasteiger charge is -2.15. The summed E-state index contributed by atoms with van der Waals surface area (Å²) in [6, 6.07) is 0. The maximum absolute atomic E-state index is 10.9. The van der Waals surface area contributed by atoms with Crippen molar-refractivity contribution in [2.75, 3.05) is 0 Å². The number of hydrogen-bond acceptors (Lipinski definition) is 2. The van der Waals surface area contributed by atoms with Crippen LogP contribution in [0.25, 0.3) is 0 Å². The summed E-state index contributed by atoms with van der Waals surface area (Å²) >= 11 is 0. The van der Waals surface area contributed by atoms with Crippen molar-refractivity contribution in [1.82, 2.24) is 9.55 Å². The molecule has 0 bridgehead atoms. The van der Waals surface area contributed by atoms with E-state index in [1.807, 2.05) is 18.5 Å². The molecule has 1 aromatic heterocycles. The number of rotatable bonds is 2. The number of aromatic nitrogens is 2. The van der Waals surface area contributed by atoms with Crippen LogP contribution in [0, 0.1) is 6.92 Å². The Hall–Kier alpha value is -1.32. The summed E-state index contributed by atoms with van der Waals surface area (Å²) in [4.78, 5) is 15.1. The summed E-state index contributed by atoms with van der Waals surface area (Å²) in [5.74, 6) is -0.0325. The molecule has 0 aliphatic heterocycles. The minimum absolute atomic E-state index is 0.597. The van der Waals surface area contributed by atoms with Gasteiger partial charge >= 0.3 is 5.97 Å². The fourth-order valence-electron chi connectivity index (χ4n) is 0.970. The third-order valence-electron chi connectivity index (χ3n) is 2.28. The number of aliphatic carboxylic acids is 1. The Balaban J connectivity index is 3.15. The van der Waals surface area contributed by atoms with E-state index in [4.69, 9.17) is 5.11 Å². The van der Waals surface area contributed by atoms with Crippen molar-refractivity contribution in [2.45, 2.75) is 26.2 Å². The second kappa shape index (κ2) is 2.87. The molecule has 4 nitrogen and oxygen atoms in total. The average molecular weight is 182 g/mol. The quantitative estimate of drug-likeness (QED) is 0.744. The first-order valence-corrected chi connectivity index (χ1v) is 4.09. The Bertz CT molecular complexity index is 320. The van der Waals surface area contributed by atoms with Crippen LogP contribution in [0.5, 0.6) is 0 Å². The molecule has 0 saturated carbocycles. The highest BCUT2D eigenvalue weighted by molar-refractivity contribution is 5.79. The number of imidazole rings is 1. The summed E-state index contributed by atoms with van der Waals surface area (Å²) < 4.78 is 1.82. The molecule has 72 valence electrons. The maximum Gasteiger partial charge on any atom is 0.315 e. The third-order valence-corrected chi connectivity index (χ3v) is 2.28. The number of aryl methyl sites for hydroxylation is 2. The lowest BCUT2D eigenvalue weighted by molar-refractivity contribution is -0.142. The van der Waals surface area contributed by atoms with Crippen molar-refractivity contribution in [3.63, 3.8) is 0 Å². The van der Waals surface area contributed by atoms with E-state index in [1.165, 1.54) is 0 Å². The zero-order chi connectivity index (χ0) is 10.2. The fraction of sp³-hybridized carbons (Fsp3) is 0.556. The molecule has 13 heavy (non-hydrogen) atoms. The fourth-order valence-corrected chi connectivity index (χ4v) is 0.970. The molecule has 0 saturated heterocycles. The number of hydrogen-bond donors (Lipinski definition) is 1. The number of carbonyl (C=O) groups is 1. The summed E-state index contributed by atoms with van der Waals surface area (Å²) in [6.45, 7) is 5.15. The van der Waals surface area contributed by atoms with Crippen LogP contribution < -0.4 is 0 Å². The van der Waals surface area contributed by atoms with Gasteiger partial charge in [0.15, 0.2) is 0 Å². The van der Waals surface area contributed by atoms with Crippen molar-refractivity contribution in [3.05, 3.63) is 17.7 Å². The van der Waals surface area contributed by atoms with Gasteiger partial charge in [-0.3, -0.25) is 4.79 Å². The zero-order valence-electron chi connectivity index (χ0n) is 8.33. The van der Waals surface area contributed by atoms with Gasteiger partial charge in [-0.05, 0) is 20.8 Å². The van der Waals surface area contributed by atoms with E-state index < -0.39 is 11.4 Å². The number of carboxylic acids is 1. The molecule has 1 heterocycles. The summed E-state index contributed by atoms with van der Waals surface area (Å²) in [7, 11) is 1.85. The maximum atomic E-state index is 10.9. The molecule has 0 amide bonds. The van der Waals surface area contributed by atoms with Gasteiger partial charge < -0.3 is 9.67 Å². The van der Waals surface area contributed by atoms with Crippen LogP contribution >= 0.6 is 0 Å². The molecule has 4 heteroatoms. The first kappa shape index (κ1) is 9.77. The van der Waals surface area contributed by atoms with Crippen LogP contribution in [0.4, 0.5) is 0 Å². The van der Waals surface area contributed by atoms with Crippen molar-refractivity contribution in [2.24, 2.45) is 7.05 Å². The Morgan fingerprint density at radius 3 is 2.46 bits per heavy atom. The smallest absolute Gasteiger partial charge is 0.315 e. The number of carboxylic acid groups (broad SMARTS) is 1. The van der Waals surface area contributed by atoms with Gasteiger partial charge in [0.05, 0.1) is 5.69 Å². The van der Waals surface area contributed by atoms with E-state index in [-0.39, 0.29) is 0 Å². The topological polar surface area (TPSA) is 55.1 Å². The van der Waals surface area contributed by atoms with E-state index in [1.54, 1.807) is 20.0 Å². The van der Waals surface area contributed by atoms with Gasteiger partial charge in [0.1, 0.15) is 11.2 Å². The first-order chi connectivity index (χ1) is 5.85. The Morgan fingerprint density at radius 2 is 2.15 bits per heavy atom. The van der Waals surface area contributed by atoms with E-state index >= 15 is 0 Å². The van der Waals surface area contributed by atoms with E-state index in [9.17, 15) is 4.79 Å². The van der Waals surface area contributed by atoms with Gasteiger partial charge in [-0.1, -0.05) is 0 Å². The number of nitrogens with zero attached hydrogens (tertiary/aromatic N) is 2. The highest BCUT2D eigenvalue weighted by atomic mass is 16.4. The SMILES string of the molecule is Cc1nc(C(C)(C)C(=O)O)cn1C. The molecule has 0 atom stereocenters. The molecule has 0 fully saturated rings. The van der Waals surface area contributed by atoms with E-state index in [0.717, 1.165) is 5.82 Å². The molecule has 1 aromatic rings. The van der Waals surface area contributed by atoms with Gasteiger partial charge in [0, 0.05) is 13.2 Å². The predicted molar refractivity (Wildman–Crippen MR) is 48.6 cm³/mol. The molecule has 1 N–H and O–H groups in total. The highest BCUT2D eigenvalue weighted by Gasteiger charge is 2.32. The van der Waals surface area contributed by atoms with Crippen molar-refractivity contribution in [1.29, 1.82) is 0 Å². The van der Waals surface area contributed by atoms with Gasteiger partial charge in [-0.2, -0.15) is 0 Å². The average Bonchev–Trinajstić information content (AvgIpc) is 2.32. The lowest BCUT2D eigenvalue weighted by Crippen LogP contribution is -2.28. The van der Waals surface area contributed by atoms with Gasteiger partial charge in [0.2, 0.25) is 0 Å². The minimum Gasteiger partial charge on any atom is -0.481 e. The van der Waals surface area contributed by atoms with Crippen LogP contribution in [0.1, 0.15) is 25.4 Å².